The summed E-state index contributed by atoms with van der Waals surface area (Å²) in [5, 5.41) is 3.52. The van der Waals surface area contributed by atoms with Crippen LogP contribution in [0.3, 0.4) is 0 Å². The summed E-state index contributed by atoms with van der Waals surface area (Å²) < 4.78 is 10.6. The van der Waals surface area contributed by atoms with E-state index in [1.165, 1.54) is 0 Å². The van der Waals surface area contributed by atoms with Gasteiger partial charge in [0.2, 0.25) is 12.7 Å². The number of nitrogens with one attached hydrogen (secondary N) is 1. The highest BCUT2D eigenvalue weighted by molar-refractivity contribution is 6.31. The molecule has 5 heteroatoms. The van der Waals surface area contributed by atoms with Gasteiger partial charge in [-0.25, -0.2) is 0 Å². The van der Waals surface area contributed by atoms with Crippen molar-refractivity contribution in [3.05, 3.63) is 58.6 Å². The zero-order valence-electron chi connectivity index (χ0n) is 12.0. The molecule has 0 saturated carbocycles. The first kappa shape index (κ1) is 14.7. The normalized spacial score (nSPS) is 12.2. The molecule has 2 aromatic carbocycles. The van der Waals surface area contributed by atoms with Crippen LogP contribution in [-0.4, -0.2) is 19.2 Å². The Hall–Kier alpha value is -2.20. The Kier molecular flexibility index (Phi) is 4.49. The van der Waals surface area contributed by atoms with E-state index in [2.05, 4.69) is 5.32 Å². The highest BCUT2D eigenvalue weighted by atomic mass is 35.5. The third-order valence-electron chi connectivity index (χ3n) is 3.48. The summed E-state index contributed by atoms with van der Waals surface area (Å²) in [5.41, 5.74) is 1.94. The highest BCUT2D eigenvalue weighted by Crippen LogP contribution is 2.32. The lowest BCUT2D eigenvalue weighted by Crippen LogP contribution is -2.27. The van der Waals surface area contributed by atoms with Crippen molar-refractivity contribution >= 4 is 17.5 Å². The molecule has 1 aliphatic heterocycles. The van der Waals surface area contributed by atoms with Crippen LogP contribution in [0.1, 0.15) is 11.1 Å². The average molecular weight is 318 g/mol. The maximum atomic E-state index is 11.9. The minimum atomic E-state index is -0.0335. The van der Waals surface area contributed by atoms with Gasteiger partial charge < -0.3 is 14.8 Å². The number of hydrogen-bond acceptors (Lipinski definition) is 3. The molecule has 0 aliphatic carbocycles. The number of benzene rings is 2. The van der Waals surface area contributed by atoms with E-state index in [0.29, 0.717) is 18.0 Å². The fraction of sp³-hybridized carbons (Fsp3) is 0.235. The van der Waals surface area contributed by atoms with Gasteiger partial charge in [0.05, 0.1) is 6.42 Å². The Labute approximate surface area is 134 Å². The molecule has 1 aliphatic rings. The van der Waals surface area contributed by atoms with Crippen molar-refractivity contribution in [1.29, 1.82) is 0 Å². The van der Waals surface area contributed by atoms with Crippen LogP contribution in [0.5, 0.6) is 11.5 Å². The van der Waals surface area contributed by atoms with Crippen molar-refractivity contribution in [3.63, 3.8) is 0 Å². The maximum absolute atomic E-state index is 11.9. The molecule has 0 bridgehead atoms. The molecule has 114 valence electrons. The first-order valence-corrected chi connectivity index (χ1v) is 7.49. The third kappa shape index (κ3) is 3.52. The van der Waals surface area contributed by atoms with E-state index in [0.717, 1.165) is 29.0 Å². The van der Waals surface area contributed by atoms with E-state index in [4.69, 9.17) is 21.1 Å². The molecule has 0 fully saturated rings. The molecule has 0 atom stereocenters. The number of amides is 1. The number of halogens is 1. The van der Waals surface area contributed by atoms with Crippen LogP contribution in [0.25, 0.3) is 0 Å². The van der Waals surface area contributed by atoms with Crippen LogP contribution in [0.15, 0.2) is 42.5 Å². The average Bonchev–Trinajstić information content (AvgIpc) is 2.97. The van der Waals surface area contributed by atoms with Crippen LogP contribution < -0.4 is 14.8 Å². The van der Waals surface area contributed by atoms with Crippen molar-refractivity contribution in [2.45, 2.75) is 12.8 Å². The second-order valence-corrected chi connectivity index (χ2v) is 5.46. The number of fused-ring (bicyclic) bond motifs is 1. The van der Waals surface area contributed by atoms with Gasteiger partial charge in [-0.15, -0.1) is 0 Å². The Bertz CT molecular complexity index is 687. The lowest BCUT2D eigenvalue weighted by Gasteiger charge is -2.07. The fourth-order valence-corrected chi connectivity index (χ4v) is 2.52. The summed E-state index contributed by atoms with van der Waals surface area (Å²) in [4.78, 5) is 11.9. The lowest BCUT2D eigenvalue weighted by molar-refractivity contribution is -0.120. The quantitative estimate of drug-likeness (QED) is 0.922. The van der Waals surface area contributed by atoms with Crippen molar-refractivity contribution < 1.29 is 14.3 Å². The zero-order valence-corrected chi connectivity index (χ0v) is 12.7. The maximum Gasteiger partial charge on any atom is 0.231 e. The van der Waals surface area contributed by atoms with E-state index in [9.17, 15) is 4.79 Å². The molecule has 0 aromatic heterocycles. The standard InChI is InChI=1S/C17H16ClNO3/c18-14-4-2-1-3-13(14)10-17(20)19-8-7-12-5-6-15-16(9-12)22-11-21-15/h1-6,9H,7-8,10-11H2,(H,19,20). The van der Waals surface area contributed by atoms with E-state index < -0.39 is 0 Å². The largest absolute Gasteiger partial charge is 0.454 e. The summed E-state index contributed by atoms with van der Waals surface area (Å²) >= 11 is 6.05. The molecule has 3 rings (SSSR count). The summed E-state index contributed by atoms with van der Waals surface area (Å²) in [6.07, 6.45) is 1.03. The highest BCUT2D eigenvalue weighted by Gasteiger charge is 2.13. The van der Waals surface area contributed by atoms with Crippen molar-refractivity contribution in [1.82, 2.24) is 5.32 Å². The number of hydrogen-bond donors (Lipinski definition) is 1. The van der Waals surface area contributed by atoms with Gasteiger partial charge in [0.1, 0.15) is 0 Å². The fourth-order valence-electron chi connectivity index (χ4n) is 2.32. The summed E-state index contributed by atoms with van der Waals surface area (Å²) in [5.74, 6) is 1.50. The topological polar surface area (TPSA) is 47.6 Å². The van der Waals surface area contributed by atoms with Gasteiger partial charge in [0.15, 0.2) is 11.5 Å². The molecular formula is C17H16ClNO3. The Morgan fingerprint density at radius 2 is 1.95 bits per heavy atom. The number of carbonyl (C=O) groups is 1. The summed E-state index contributed by atoms with van der Waals surface area (Å²) in [6, 6.07) is 13.2. The number of rotatable bonds is 5. The van der Waals surface area contributed by atoms with Gasteiger partial charge in [-0.1, -0.05) is 35.9 Å². The monoisotopic (exact) mass is 317 g/mol. The zero-order chi connectivity index (χ0) is 15.4. The number of ether oxygens (including phenoxy) is 2. The van der Waals surface area contributed by atoms with E-state index in [-0.39, 0.29) is 12.7 Å². The predicted octanol–water partition coefficient (Wildman–Crippen LogP) is 2.97. The van der Waals surface area contributed by atoms with Gasteiger partial charge in [-0.2, -0.15) is 0 Å². The smallest absolute Gasteiger partial charge is 0.231 e. The SMILES string of the molecule is O=C(Cc1ccccc1Cl)NCCc1ccc2c(c1)OCO2. The second-order valence-electron chi connectivity index (χ2n) is 5.06. The minimum absolute atomic E-state index is 0.0335. The summed E-state index contributed by atoms with van der Waals surface area (Å²) in [6.45, 7) is 0.844. The molecule has 1 N–H and O–H groups in total. The molecule has 2 aromatic rings. The van der Waals surface area contributed by atoms with Crippen molar-refractivity contribution in [2.75, 3.05) is 13.3 Å². The molecule has 4 nitrogen and oxygen atoms in total. The van der Waals surface area contributed by atoms with Crippen LogP contribution in [0, 0.1) is 0 Å². The second kappa shape index (κ2) is 6.71. The van der Waals surface area contributed by atoms with E-state index in [1.807, 2.05) is 36.4 Å². The van der Waals surface area contributed by atoms with Gasteiger partial charge in [0, 0.05) is 11.6 Å². The molecule has 0 unspecified atom stereocenters. The first-order valence-electron chi connectivity index (χ1n) is 7.11. The first-order chi connectivity index (χ1) is 10.7. The molecule has 0 radical (unpaired) electrons. The molecule has 1 amide bonds. The summed E-state index contributed by atoms with van der Waals surface area (Å²) in [7, 11) is 0. The van der Waals surface area contributed by atoms with Crippen molar-refractivity contribution in [3.8, 4) is 11.5 Å². The van der Waals surface area contributed by atoms with Gasteiger partial charge in [0.25, 0.3) is 0 Å². The molecule has 22 heavy (non-hydrogen) atoms. The minimum Gasteiger partial charge on any atom is -0.454 e. The Balaban J connectivity index is 1.49. The number of carbonyl (C=O) groups excluding carboxylic acids is 1. The Morgan fingerprint density at radius 3 is 2.82 bits per heavy atom. The van der Waals surface area contributed by atoms with Gasteiger partial charge >= 0.3 is 0 Å². The molecular weight excluding hydrogens is 302 g/mol. The van der Waals surface area contributed by atoms with Crippen LogP contribution in [-0.2, 0) is 17.6 Å². The van der Waals surface area contributed by atoms with Crippen molar-refractivity contribution in [2.24, 2.45) is 0 Å². The lowest BCUT2D eigenvalue weighted by atomic mass is 10.1. The van der Waals surface area contributed by atoms with Crippen LogP contribution in [0.2, 0.25) is 5.02 Å². The van der Waals surface area contributed by atoms with E-state index >= 15 is 0 Å². The molecule has 0 saturated heterocycles. The van der Waals surface area contributed by atoms with Crippen LogP contribution >= 0.6 is 11.6 Å². The Morgan fingerprint density at radius 1 is 1.14 bits per heavy atom. The molecule has 0 spiro atoms. The van der Waals surface area contributed by atoms with E-state index in [1.54, 1.807) is 6.07 Å². The van der Waals surface area contributed by atoms with Crippen LogP contribution in [0.4, 0.5) is 0 Å². The predicted molar refractivity (Wildman–Crippen MR) is 84.4 cm³/mol. The van der Waals surface area contributed by atoms with Gasteiger partial charge in [-0.05, 0) is 35.7 Å². The molecule has 1 heterocycles. The van der Waals surface area contributed by atoms with Gasteiger partial charge in [-0.3, -0.25) is 4.79 Å². The third-order valence-corrected chi connectivity index (χ3v) is 3.85.